The van der Waals surface area contributed by atoms with Gasteiger partial charge in [-0.15, -0.1) is 24.0 Å². The standard InChI is InChI=1S/C20H24ClF2N3O3.HI/c1-3-24-20(26-12-17(27)15-6-4-5-7-16(15)21)25-11-13-10-14(28-2)8-9-18(13)29-19(22)23;/h4-10,17,19,27H,3,11-12H2,1-2H3,(H2,24,25,26);1H. The molecule has 2 rings (SSSR count). The third kappa shape index (κ3) is 8.11. The first-order chi connectivity index (χ1) is 13.9. The molecule has 1 atom stereocenters. The predicted octanol–water partition coefficient (Wildman–Crippen LogP) is 4.36. The van der Waals surface area contributed by atoms with Crippen LogP contribution in [0.1, 0.15) is 24.2 Å². The number of benzene rings is 2. The average Bonchev–Trinajstić information content (AvgIpc) is 2.70. The molecule has 0 aliphatic carbocycles. The van der Waals surface area contributed by atoms with Gasteiger partial charge in [-0.1, -0.05) is 29.8 Å². The summed E-state index contributed by atoms with van der Waals surface area (Å²) < 4.78 is 35.0. The topological polar surface area (TPSA) is 75.1 Å². The van der Waals surface area contributed by atoms with Crippen LogP contribution < -0.4 is 20.1 Å². The van der Waals surface area contributed by atoms with Crippen LogP contribution in [0.15, 0.2) is 47.5 Å². The Bertz CT molecular complexity index is 828. The fourth-order valence-corrected chi connectivity index (χ4v) is 2.83. The van der Waals surface area contributed by atoms with Crippen molar-refractivity contribution in [1.29, 1.82) is 0 Å². The van der Waals surface area contributed by atoms with Crippen molar-refractivity contribution in [3.63, 3.8) is 0 Å². The monoisotopic (exact) mass is 555 g/mol. The second kappa shape index (κ2) is 13.5. The Kier molecular flexibility index (Phi) is 11.7. The molecule has 0 aliphatic heterocycles. The second-order valence-corrected chi connectivity index (χ2v) is 6.37. The number of methoxy groups -OCH3 is 1. The summed E-state index contributed by atoms with van der Waals surface area (Å²) >= 11 is 6.10. The van der Waals surface area contributed by atoms with E-state index in [1.165, 1.54) is 19.2 Å². The lowest BCUT2D eigenvalue weighted by Gasteiger charge is -2.17. The number of alkyl halides is 2. The molecule has 10 heteroatoms. The fraction of sp³-hybridized carbons (Fsp3) is 0.350. The maximum atomic E-state index is 12.7. The number of hydrogen-bond donors (Lipinski definition) is 3. The molecule has 0 fully saturated rings. The van der Waals surface area contributed by atoms with E-state index in [-0.39, 0.29) is 42.8 Å². The largest absolute Gasteiger partial charge is 0.497 e. The lowest BCUT2D eigenvalue weighted by Crippen LogP contribution is -2.39. The first kappa shape index (κ1) is 26.2. The minimum Gasteiger partial charge on any atom is -0.497 e. The molecular formula is C20H25ClF2IN3O3. The fourth-order valence-electron chi connectivity index (χ4n) is 2.57. The highest BCUT2D eigenvalue weighted by Gasteiger charge is 2.13. The number of aliphatic imine (C=N–C) groups is 1. The normalized spacial score (nSPS) is 12.2. The van der Waals surface area contributed by atoms with E-state index in [0.29, 0.717) is 34.4 Å². The molecule has 2 aromatic rings. The second-order valence-electron chi connectivity index (χ2n) is 5.97. The van der Waals surface area contributed by atoms with Gasteiger partial charge >= 0.3 is 6.61 Å². The number of rotatable bonds is 9. The Morgan fingerprint density at radius 3 is 2.57 bits per heavy atom. The number of ether oxygens (including phenoxy) is 2. The molecular weight excluding hydrogens is 531 g/mol. The van der Waals surface area contributed by atoms with Gasteiger partial charge in [0.05, 0.1) is 19.8 Å². The average molecular weight is 556 g/mol. The Morgan fingerprint density at radius 2 is 1.93 bits per heavy atom. The quantitative estimate of drug-likeness (QED) is 0.244. The minimum absolute atomic E-state index is 0. The highest BCUT2D eigenvalue weighted by molar-refractivity contribution is 14.0. The molecule has 0 saturated carbocycles. The SMILES string of the molecule is CCNC(=NCc1cc(OC)ccc1OC(F)F)NCC(O)c1ccccc1Cl.I. The molecule has 0 aliphatic rings. The Morgan fingerprint density at radius 1 is 1.20 bits per heavy atom. The molecule has 0 aromatic heterocycles. The van der Waals surface area contributed by atoms with Gasteiger partial charge in [0.25, 0.3) is 0 Å². The van der Waals surface area contributed by atoms with Crippen molar-refractivity contribution in [3.8, 4) is 11.5 Å². The third-order valence-electron chi connectivity index (χ3n) is 3.96. The Balaban J connectivity index is 0.00000450. The lowest BCUT2D eigenvalue weighted by molar-refractivity contribution is -0.0504. The predicted molar refractivity (Wildman–Crippen MR) is 124 cm³/mol. The van der Waals surface area contributed by atoms with Crippen molar-refractivity contribution < 1.29 is 23.4 Å². The number of halogens is 4. The van der Waals surface area contributed by atoms with Crippen molar-refractivity contribution in [2.24, 2.45) is 4.99 Å². The van der Waals surface area contributed by atoms with Gasteiger partial charge in [0, 0.05) is 29.2 Å². The first-order valence-electron chi connectivity index (χ1n) is 9.01. The maximum Gasteiger partial charge on any atom is 0.387 e. The van der Waals surface area contributed by atoms with E-state index in [2.05, 4.69) is 20.4 Å². The molecule has 166 valence electrons. The van der Waals surface area contributed by atoms with E-state index >= 15 is 0 Å². The zero-order valence-electron chi connectivity index (χ0n) is 16.6. The van der Waals surface area contributed by atoms with Crippen molar-refractivity contribution in [2.75, 3.05) is 20.2 Å². The van der Waals surface area contributed by atoms with Crippen LogP contribution in [0.25, 0.3) is 0 Å². The number of aliphatic hydroxyl groups is 1. The van der Waals surface area contributed by atoms with Crippen LogP contribution in [0, 0.1) is 0 Å². The van der Waals surface area contributed by atoms with E-state index in [1.807, 2.05) is 6.92 Å². The molecule has 0 spiro atoms. The zero-order valence-corrected chi connectivity index (χ0v) is 19.7. The van der Waals surface area contributed by atoms with Crippen LogP contribution in [0.2, 0.25) is 5.02 Å². The van der Waals surface area contributed by atoms with Crippen LogP contribution in [0.4, 0.5) is 8.78 Å². The molecule has 0 heterocycles. The summed E-state index contributed by atoms with van der Waals surface area (Å²) in [5.74, 6) is 0.935. The highest BCUT2D eigenvalue weighted by atomic mass is 127. The molecule has 0 amide bonds. The Labute approximate surface area is 196 Å². The van der Waals surface area contributed by atoms with Gasteiger partial charge in [-0.3, -0.25) is 0 Å². The third-order valence-corrected chi connectivity index (χ3v) is 4.31. The van der Waals surface area contributed by atoms with Crippen molar-refractivity contribution in [1.82, 2.24) is 10.6 Å². The summed E-state index contributed by atoms with van der Waals surface area (Å²) in [6.07, 6.45) is -0.845. The zero-order chi connectivity index (χ0) is 21.2. The molecule has 0 saturated heterocycles. The van der Waals surface area contributed by atoms with Gasteiger partial charge in [-0.25, -0.2) is 4.99 Å². The molecule has 30 heavy (non-hydrogen) atoms. The molecule has 0 bridgehead atoms. The summed E-state index contributed by atoms with van der Waals surface area (Å²) in [6.45, 7) is -0.251. The van der Waals surface area contributed by atoms with Crippen LogP contribution >= 0.6 is 35.6 Å². The van der Waals surface area contributed by atoms with Crippen LogP contribution in [0.5, 0.6) is 11.5 Å². The summed E-state index contributed by atoms with van der Waals surface area (Å²) in [6, 6.07) is 11.5. The number of hydrogen-bond acceptors (Lipinski definition) is 4. The number of aliphatic hydroxyl groups excluding tert-OH is 1. The minimum atomic E-state index is -2.94. The van der Waals surface area contributed by atoms with Gasteiger partial charge in [0.2, 0.25) is 0 Å². The van der Waals surface area contributed by atoms with Gasteiger partial charge < -0.3 is 25.2 Å². The highest BCUT2D eigenvalue weighted by Crippen LogP contribution is 2.26. The smallest absolute Gasteiger partial charge is 0.387 e. The van der Waals surface area contributed by atoms with Crippen molar-refractivity contribution >= 4 is 41.5 Å². The van der Waals surface area contributed by atoms with Crippen LogP contribution in [-0.2, 0) is 6.54 Å². The molecule has 3 N–H and O–H groups in total. The van der Waals surface area contributed by atoms with E-state index in [4.69, 9.17) is 16.3 Å². The van der Waals surface area contributed by atoms with Crippen LogP contribution in [0.3, 0.4) is 0 Å². The van der Waals surface area contributed by atoms with Gasteiger partial charge in [-0.2, -0.15) is 8.78 Å². The van der Waals surface area contributed by atoms with Gasteiger partial charge in [-0.05, 0) is 31.2 Å². The van der Waals surface area contributed by atoms with Gasteiger partial charge in [0.1, 0.15) is 11.5 Å². The summed E-state index contributed by atoms with van der Waals surface area (Å²) in [5.41, 5.74) is 1.03. The van der Waals surface area contributed by atoms with E-state index in [1.54, 1.807) is 30.3 Å². The Hall–Kier alpha value is -1.85. The van der Waals surface area contributed by atoms with E-state index in [0.717, 1.165) is 0 Å². The maximum absolute atomic E-state index is 12.7. The molecule has 6 nitrogen and oxygen atoms in total. The summed E-state index contributed by atoms with van der Waals surface area (Å²) in [7, 11) is 1.48. The van der Waals surface area contributed by atoms with Gasteiger partial charge in [0.15, 0.2) is 5.96 Å². The molecule has 1 unspecified atom stereocenters. The summed E-state index contributed by atoms with van der Waals surface area (Å²) in [4.78, 5) is 4.38. The number of nitrogens with one attached hydrogen (secondary N) is 2. The summed E-state index contributed by atoms with van der Waals surface area (Å²) in [5, 5.41) is 16.9. The first-order valence-corrected chi connectivity index (χ1v) is 9.38. The van der Waals surface area contributed by atoms with Crippen LogP contribution in [-0.4, -0.2) is 37.9 Å². The van der Waals surface area contributed by atoms with E-state index < -0.39 is 12.7 Å². The molecule has 0 radical (unpaired) electrons. The number of guanidine groups is 1. The molecule has 2 aromatic carbocycles. The number of nitrogens with zero attached hydrogens (tertiary/aromatic N) is 1. The lowest BCUT2D eigenvalue weighted by atomic mass is 10.1. The van der Waals surface area contributed by atoms with E-state index in [9.17, 15) is 13.9 Å². The van der Waals surface area contributed by atoms with Crippen molar-refractivity contribution in [2.45, 2.75) is 26.2 Å². The van der Waals surface area contributed by atoms with Crippen molar-refractivity contribution in [3.05, 3.63) is 58.6 Å².